The number of rotatable bonds is 4. The molecule has 3 rings (SSSR count). The fraction of sp³-hybridized carbons (Fsp3) is 0.286. The highest BCUT2D eigenvalue weighted by atomic mass is 35.5. The van der Waals surface area contributed by atoms with Crippen molar-refractivity contribution in [3.05, 3.63) is 47.2 Å². The molecule has 1 saturated carbocycles. The van der Waals surface area contributed by atoms with Crippen molar-refractivity contribution in [1.29, 1.82) is 0 Å². The van der Waals surface area contributed by atoms with E-state index >= 15 is 0 Å². The van der Waals surface area contributed by atoms with Gasteiger partial charge in [-0.2, -0.15) is 0 Å². The molecular formula is C14H14ClN3. The van der Waals surface area contributed by atoms with E-state index < -0.39 is 0 Å². The Hall–Kier alpha value is -1.45. The van der Waals surface area contributed by atoms with E-state index in [4.69, 9.17) is 11.6 Å². The maximum Gasteiger partial charge on any atom is 0.159 e. The summed E-state index contributed by atoms with van der Waals surface area (Å²) in [4.78, 5) is 8.86. The van der Waals surface area contributed by atoms with Crippen molar-refractivity contribution in [3.8, 4) is 11.4 Å². The number of hydrogen-bond acceptors (Lipinski definition) is 3. The molecule has 1 aliphatic carbocycles. The molecule has 92 valence electrons. The Morgan fingerprint density at radius 1 is 1.17 bits per heavy atom. The number of nitrogens with zero attached hydrogens (tertiary/aromatic N) is 2. The minimum Gasteiger partial charge on any atom is -0.308 e. The van der Waals surface area contributed by atoms with Gasteiger partial charge in [-0.3, -0.25) is 0 Å². The van der Waals surface area contributed by atoms with Gasteiger partial charge in [0, 0.05) is 29.4 Å². The van der Waals surface area contributed by atoms with E-state index in [9.17, 15) is 0 Å². The quantitative estimate of drug-likeness (QED) is 0.917. The Bertz CT molecular complexity index is 535. The summed E-state index contributed by atoms with van der Waals surface area (Å²) in [5.41, 5.74) is 2.02. The van der Waals surface area contributed by atoms with Crippen molar-refractivity contribution in [2.45, 2.75) is 25.4 Å². The number of benzene rings is 1. The predicted molar refractivity (Wildman–Crippen MR) is 72.3 cm³/mol. The van der Waals surface area contributed by atoms with Gasteiger partial charge < -0.3 is 5.32 Å². The van der Waals surface area contributed by atoms with Crippen LogP contribution in [0.2, 0.25) is 5.02 Å². The monoisotopic (exact) mass is 259 g/mol. The lowest BCUT2D eigenvalue weighted by molar-refractivity contribution is 0.673. The van der Waals surface area contributed by atoms with E-state index in [1.165, 1.54) is 12.8 Å². The first kappa shape index (κ1) is 11.6. The number of aromatic nitrogens is 2. The summed E-state index contributed by atoms with van der Waals surface area (Å²) < 4.78 is 0. The molecule has 1 heterocycles. The lowest BCUT2D eigenvalue weighted by Crippen LogP contribution is -2.16. The van der Waals surface area contributed by atoms with Crippen LogP contribution in [0, 0.1) is 0 Å². The maximum absolute atomic E-state index is 5.87. The molecule has 0 unspecified atom stereocenters. The van der Waals surface area contributed by atoms with E-state index in [2.05, 4.69) is 15.3 Å². The average molecular weight is 260 g/mol. The van der Waals surface area contributed by atoms with E-state index in [0.29, 0.717) is 6.04 Å². The van der Waals surface area contributed by atoms with E-state index in [0.717, 1.165) is 28.6 Å². The van der Waals surface area contributed by atoms with E-state index in [1.807, 2.05) is 30.3 Å². The second-order valence-corrected chi connectivity index (χ2v) is 4.97. The fourth-order valence-corrected chi connectivity index (χ4v) is 1.89. The molecule has 0 amide bonds. The largest absolute Gasteiger partial charge is 0.308 e. The second kappa shape index (κ2) is 5.04. The van der Waals surface area contributed by atoms with Gasteiger partial charge >= 0.3 is 0 Å². The van der Waals surface area contributed by atoms with Crippen molar-refractivity contribution in [3.63, 3.8) is 0 Å². The SMILES string of the molecule is Clc1ccc(-c2nccc(CNC3CC3)n2)cc1. The summed E-state index contributed by atoms with van der Waals surface area (Å²) in [7, 11) is 0. The molecule has 0 radical (unpaired) electrons. The lowest BCUT2D eigenvalue weighted by Gasteiger charge is -2.05. The standard InChI is InChI=1S/C14H14ClN3/c15-11-3-1-10(2-4-11)14-16-8-7-13(18-14)9-17-12-5-6-12/h1-4,7-8,12,17H,5-6,9H2. The molecule has 1 N–H and O–H groups in total. The molecule has 2 aromatic rings. The van der Waals surface area contributed by atoms with Gasteiger partial charge in [0.05, 0.1) is 5.69 Å². The van der Waals surface area contributed by atoms with Crippen LogP contribution in [-0.4, -0.2) is 16.0 Å². The third-order valence-electron chi connectivity index (χ3n) is 2.96. The van der Waals surface area contributed by atoms with Crippen molar-refractivity contribution in [2.24, 2.45) is 0 Å². The third-order valence-corrected chi connectivity index (χ3v) is 3.22. The summed E-state index contributed by atoms with van der Waals surface area (Å²) in [5, 5.41) is 4.18. The first-order valence-electron chi connectivity index (χ1n) is 6.12. The van der Waals surface area contributed by atoms with Gasteiger partial charge in [0.25, 0.3) is 0 Å². The van der Waals surface area contributed by atoms with Crippen LogP contribution < -0.4 is 5.32 Å². The molecule has 1 aliphatic rings. The highest BCUT2D eigenvalue weighted by Gasteiger charge is 2.20. The first-order chi connectivity index (χ1) is 8.81. The smallest absolute Gasteiger partial charge is 0.159 e. The highest BCUT2D eigenvalue weighted by molar-refractivity contribution is 6.30. The Morgan fingerprint density at radius 2 is 1.94 bits per heavy atom. The number of nitrogens with one attached hydrogen (secondary N) is 1. The summed E-state index contributed by atoms with van der Waals surface area (Å²) in [6.07, 6.45) is 4.38. The summed E-state index contributed by atoms with van der Waals surface area (Å²) in [6.45, 7) is 0.813. The molecule has 0 atom stereocenters. The maximum atomic E-state index is 5.87. The molecule has 3 nitrogen and oxygen atoms in total. The van der Waals surface area contributed by atoms with Crippen LogP contribution in [0.1, 0.15) is 18.5 Å². The molecule has 0 saturated heterocycles. The summed E-state index contributed by atoms with van der Waals surface area (Å²) in [6, 6.07) is 10.2. The molecular weight excluding hydrogens is 246 g/mol. The van der Waals surface area contributed by atoms with Crippen LogP contribution in [-0.2, 0) is 6.54 Å². The predicted octanol–water partition coefficient (Wildman–Crippen LogP) is 3.05. The second-order valence-electron chi connectivity index (χ2n) is 4.53. The zero-order valence-corrected chi connectivity index (χ0v) is 10.7. The number of hydrogen-bond donors (Lipinski definition) is 1. The molecule has 18 heavy (non-hydrogen) atoms. The van der Waals surface area contributed by atoms with E-state index in [1.54, 1.807) is 6.20 Å². The first-order valence-corrected chi connectivity index (χ1v) is 6.50. The molecule has 0 bridgehead atoms. The lowest BCUT2D eigenvalue weighted by atomic mass is 10.2. The number of halogens is 1. The average Bonchev–Trinajstić information content (AvgIpc) is 3.22. The molecule has 0 spiro atoms. The van der Waals surface area contributed by atoms with Gasteiger partial charge in [-0.15, -0.1) is 0 Å². The van der Waals surface area contributed by atoms with Crippen LogP contribution in [0.3, 0.4) is 0 Å². The van der Waals surface area contributed by atoms with Gasteiger partial charge in [-0.1, -0.05) is 11.6 Å². The Labute approximate surface area is 111 Å². The van der Waals surface area contributed by atoms with Crippen LogP contribution in [0.15, 0.2) is 36.5 Å². The molecule has 1 fully saturated rings. The minimum atomic E-state index is 0.693. The Morgan fingerprint density at radius 3 is 2.67 bits per heavy atom. The third kappa shape index (κ3) is 2.86. The van der Waals surface area contributed by atoms with Crippen molar-refractivity contribution < 1.29 is 0 Å². The fourth-order valence-electron chi connectivity index (χ4n) is 1.77. The molecule has 0 aliphatic heterocycles. The highest BCUT2D eigenvalue weighted by Crippen LogP contribution is 2.20. The topological polar surface area (TPSA) is 37.8 Å². The zero-order valence-electron chi connectivity index (χ0n) is 9.94. The molecule has 1 aromatic carbocycles. The molecule has 1 aromatic heterocycles. The van der Waals surface area contributed by atoms with Crippen molar-refractivity contribution in [2.75, 3.05) is 0 Å². The van der Waals surface area contributed by atoms with Gasteiger partial charge in [-0.05, 0) is 43.2 Å². The van der Waals surface area contributed by atoms with Gasteiger partial charge in [-0.25, -0.2) is 9.97 Å². The van der Waals surface area contributed by atoms with Crippen LogP contribution in [0.5, 0.6) is 0 Å². The van der Waals surface area contributed by atoms with Crippen LogP contribution in [0.4, 0.5) is 0 Å². The van der Waals surface area contributed by atoms with Gasteiger partial charge in [0.1, 0.15) is 0 Å². The van der Waals surface area contributed by atoms with Crippen molar-refractivity contribution in [1.82, 2.24) is 15.3 Å². The summed E-state index contributed by atoms with van der Waals surface area (Å²) in [5.74, 6) is 0.752. The molecule has 4 heteroatoms. The summed E-state index contributed by atoms with van der Waals surface area (Å²) >= 11 is 5.87. The Balaban J connectivity index is 1.78. The van der Waals surface area contributed by atoms with Gasteiger partial charge in [0.15, 0.2) is 5.82 Å². The Kier molecular flexibility index (Phi) is 3.26. The zero-order chi connectivity index (χ0) is 12.4. The van der Waals surface area contributed by atoms with Crippen LogP contribution >= 0.6 is 11.6 Å². The normalized spacial score (nSPS) is 14.7. The van der Waals surface area contributed by atoms with Crippen LogP contribution in [0.25, 0.3) is 11.4 Å². The van der Waals surface area contributed by atoms with Gasteiger partial charge in [0.2, 0.25) is 0 Å². The van der Waals surface area contributed by atoms with Crippen molar-refractivity contribution >= 4 is 11.6 Å². The minimum absolute atomic E-state index is 0.693. The van der Waals surface area contributed by atoms with E-state index in [-0.39, 0.29) is 0 Å².